The standard InChI is InChI=1S/C23H27FN6O.ClH/c1-15-11-20(27-23-6-4-5-22(24)28-23)19-12-17(7-8-21(19)30(15)16(2)31)18-13-26-29(14-18)10-9-25-3;/h4-8,12-15,20,25H,9-11H2,1-3H3,(H,27,28);1H/t15-,20+;/m0./s1. The average Bonchev–Trinajstić information content (AvgIpc) is 3.21. The Labute approximate surface area is 193 Å². The number of anilines is 2. The van der Waals surface area contributed by atoms with Gasteiger partial charge in [0.25, 0.3) is 0 Å². The van der Waals surface area contributed by atoms with Gasteiger partial charge in [-0.1, -0.05) is 12.1 Å². The molecular weight excluding hydrogens is 431 g/mol. The SMILES string of the molecule is CNCCn1cc(-c2ccc3c(c2)[C@H](Nc2cccc(F)n2)C[C@H](C)N3C(C)=O)cn1.Cl. The van der Waals surface area contributed by atoms with Crippen LogP contribution in [0, 0.1) is 5.95 Å². The van der Waals surface area contributed by atoms with E-state index in [-0.39, 0.29) is 30.4 Å². The van der Waals surface area contributed by atoms with Gasteiger partial charge < -0.3 is 15.5 Å². The van der Waals surface area contributed by atoms with E-state index >= 15 is 0 Å². The molecule has 4 rings (SSSR count). The molecule has 0 saturated heterocycles. The zero-order valence-corrected chi connectivity index (χ0v) is 19.2. The van der Waals surface area contributed by atoms with E-state index in [4.69, 9.17) is 0 Å². The van der Waals surface area contributed by atoms with E-state index < -0.39 is 5.95 Å². The van der Waals surface area contributed by atoms with Gasteiger partial charge in [-0.2, -0.15) is 9.49 Å². The predicted octanol–water partition coefficient (Wildman–Crippen LogP) is 4.02. The number of likely N-dealkylation sites (N-methyl/N-ethyl adjacent to an activating group) is 1. The molecule has 3 aromatic rings. The van der Waals surface area contributed by atoms with Crippen LogP contribution in [-0.4, -0.2) is 40.3 Å². The number of nitrogens with one attached hydrogen (secondary N) is 2. The number of aromatic nitrogens is 3. The number of pyridine rings is 1. The lowest BCUT2D eigenvalue weighted by Crippen LogP contribution is -2.43. The second-order valence-corrected chi connectivity index (χ2v) is 7.89. The third-order valence-electron chi connectivity index (χ3n) is 5.61. The van der Waals surface area contributed by atoms with Crippen molar-refractivity contribution in [1.82, 2.24) is 20.1 Å². The zero-order valence-electron chi connectivity index (χ0n) is 18.4. The number of halogens is 2. The molecule has 0 radical (unpaired) electrons. The topological polar surface area (TPSA) is 75.1 Å². The van der Waals surface area contributed by atoms with Crippen LogP contribution in [0.5, 0.6) is 0 Å². The molecule has 9 heteroatoms. The van der Waals surface area contributed by atoms with Crippen molar-refractivity contribution in [3.05, 3.63) is 60.3 Å². The molecule has 2 atom stereocenters. The largest absolute Gasteiger partial charge is 0.363 e. The molecule has 2 aromatic heterocycles. The highest BCUT2D eigenvalue weighted by atomic mass is 35.5. The summed E-state index contributed by atoms with van der Waals surface area (Å²) in [5.41, 5.74) is 3.88. The van der Waals surface area contributed by atoms with Crippen LogP contribution in [0.4, 0.5) is 15.9 Å². The van der Waals surface area contributed by atoms with Crippen LogP contribution < -0.4 is 15.5 Å². The highest BCUT2D eigenvalue weighted by molar-refractivity contribution is 5.94. The molecule has 0 fully saturated rings. The van der Waals surface area contributed by atoms with Gasteiger partial charge in [0.05, 0.1) is 18.8 Å². The number of hydrogen-bond donors (Lipinski definition) is 2. The molecule has 1 aliphatic heterocycles. The Morgan fingerprint density at radius 3 is 2.78 bits per heavy atom. The molecular formula is C23H28ClFN6O. The van der Waals surface area contributed by atoms with Crippen LogP contribution in [0.2, 0.25) is 0 Å². The van der Waals surface area contributed by atoms with Gasteiger partial charge in [-0.25, -0.2) is 4.98 Å². The minimum Gasteiger partial charge on any atom is -0.363 e. The van der Waals surface area contributed by atoms with Crippen LogP contribution >= 0.6 is 12.4 Å². The Hall–Kier alpha value is -2.97. The highest BCUT2D eigenvalue weighted by Crippen LogP contribution is 2.40. The van der Waals surface area contributed by atoms with Crippen molar-refractivity contribution >= 4 is 29.8 Å². The quantitative estimate of drug-likeness (QED) is 0.545. The van der Waals surface area contributed by atoms with Gasteiger partial charge in [0, 0.05) is 37.0 Å². The Kier molecular flexibility index (Phi) is 7.48. The minimum absolute atomic E-state index is 0. The summed E-state index contributed by atoms with van der Waals surface area (Å²) in [6.07, 6.45) is 4.56. The van der Waals surface area contributed by atoms with Gasteiger partial charge in [0.15, 0.2) is 0 Å². The van der Waals surface area contributed by atoms with Crippen molar-refractivity contribution in [2.24, 2.45) is 0 Å². The number of nitrogens with zero attached hydrogens (tertiary/aromatic N) is 4. The average molecular weight is 459 g/mol. The van der Waals surface area contributed by atoms with Crippen LogP contribution in [0.3, 0.4) is 0 Å². The van der Waals surface area contributed by atoms with Gasteiger partial charge in [0.2, 0.25) is 11.9 Å². The maximum Gasteiger partial charge on any atom is 0.224 e. The normalized spacial score (nSPS) is 17.4. The Bertz CT molecular complexity index is 1090. The highest BCUT2D eigenvalue weighted by Gasteiger charge is 2.33. The summed E-state index contributed by atoms with van der Waals surface area (Å²) in [5.74, 6) is -0.0457. The van der Waals surface area contributed by atoms with Crippen LogP contribution in [0.25, 0.3) is 11.1 Å². The number of carbonyl (C=O) groups excluding carboxylic acids is 1. The van der Waals surface area contributed by atoms with Crippen molar-refractivity contribution < 1.29 is 9.18 Å². The van der Waals surface area contributed by atoms with Gasteiger partial charge >= 0.3 is 0 Å². The van der Waals surface area contributed by atoms with E-state index in [2.05, 4.69) is 26.8 Å². The summed E-state index contributed by atoms with van der Waals surface area (Å²) < 4.78 is 15.5. The number of carbonyl (C=O) groups is 1. The second kappa shape index (κ2) is 10.1. The van der Waals surface area contributed by atoms with E-state index in [1.54, 1.807) is 19.1 Å². The fraction of sp³-hybridized carbons (Fsp3) is 0.348. The van der Waals surface area contributed by atoms with Crippen molar-refractivity contribution in [3.63, 3.8) is 0 Å². The first-order valence-electron chi connectivity index (χ1n) is 10.5. The fourth-order valence-corrected chi connectivity index (χ4v) is 4.19. The first kappa shape index (κ1) is 23.7. The predicted molar refractivity (Wildman–Crippen MR) is 127 cm³/mol. The van der Waals surface area contributed by atoms with E-state index in [1.165, 1.54) is 6.07 Å². The molecule has 7 nitrogen and oxygen atoms in total. The number of fused-ring (bicyclic) bond motifs is 1. The Balaban J connectivity index is 0.00000289. The molecule has 0 unspecified atom stereocenters. The smallest absolute Gasteiger partial charge is 0.224 e. The van der Waals surface area contributed by atoms with E-state index in [0.29, 0.717) is 12.2 Å². The monoisotopic (exact) mass is 458 g/mol. The van der Waals surface area contributed by atoms with Crippen molar-refractivity contribution in [1.29, 1.82) is 0 Å². The number of amides is 1. The summed E-state index contributed by atoms with van der Waals surface area (Å²) in [5, 5.41) is 10.9. The van der Waals surface area contributed by atoms with Crippen molar-refractivity contribution in [2.45, 2.75) is 38.9 Å². The van der Waals surface area contributed by atoms with Crippen LogP contribution in [0.1, 0.15) is 31.9 Å². The fourth-order valence-electron chi connectivity index (χ4n) is 4.19. The van der Waals surface area contributed by atoms with Crippen LogP contribution in [-0.2, 0) is 11.3 Å². The number of rotatable bonds is 6. The molecule has 32 heavy (non-hydrogen) atoms. The second-order valence-electron chi connectivity index (χ2n) is 7.89. The maximum absolute atomic E-state index is 13.6. The molecule has 0 bridgehead atoms. The number of benzene rings is 1. The van der Waals surface area contributed by atoms with Gasteiger partial charge in [-0.15, -0.1) is 12.4 Å². The van der Waals surface area contributed by atoms with Gasteiger partial charge in [-0.3, -0.25) is 9.48 Å². The zero-order chi connectivity index (χ0) is 22.0. The summed E-state index contributed by atoms with van der Waals surface area (Å²) >= 11 is 0. The third kappa shape index (κ3) is 4.92. The number of hydrogen-bond acceptors (Lipinski definition) is 5. The lowest BCUT2D eigenvalue weighted by atomic mass is 9.89. The van der Waals surface area contributed by atoms with Gasteiger partial charge in [-0.05, 0) is 55.8 Å². The van der Waals surface area contributed by atoms with Gasteiger partial charge in [0.1, 0.15) is 5.82 Å². The summed E-state index contributed by atoms with van der Waals surface area (Å²) in [6.45, 7) is 5.23. The molecule has 0 aliphatic carbocycles. The molecule has 0 spiro atoms. The molecule has 170 valence electrons. The van der Waals surface area contributed by atoms with E-state index in [9.17, 15) is 9.18 Å². The maximum atomic E-state index is 13.6. The lowest BCUT2D eigenvalue weighted by Gasteiger charge is -2.39. The molecule has 0 saturated carbocycles. The molecule has 1 aromatic carbocycles. The summed E-state index contributed by atoms with van der Waals surface area (Å²) in [4.78, 5) is 18.1. The summed E-state index contributed by atoms with van der Waals surface area (Å²) in [7, 11) is 1.91. The Morgan fingerprint density at radius 2 is 2.06 bits per heavy atom. The van der Waals surface area contributed by atoms with Crippen molar-refractivity contribution in [3.8, 4) is 11.1 Å². The first-order valence-corrected chi connectivity index (χ1v) is 10.5. The minimum atomic E-state index is -0.526. The molecule has 1 aliphatic rings. The van der Waals surface area contributed by atoms with E-state index in [0.717, 1.165) is 35.5 Å². The molecule has 1 amide bonds. The molecule has 2 N–H and O–H groups in total. The third-order valence-corrected chi connectivity index (χ3v) is 5.61. The van der Waals surface area contributed by atoms with Crippen molar-refractivity contribution in [2.75, 3.05) is 23.8 Å². The van der Waals surface area contributed by atoms with Crippen LogP contribution in [0.15, 0.2) is 48.8 Å². The first-order chi connectivity index (χ1) is 15.0. The molecule has 3 heterocycles. The lowest BCUT2D eigenvalue weighted by molar-refractivity contribution is -0.117. The Morgan fingerprint density at radius 1 is 1.25 bits per heavy atom. The summed E-state index contributed by atoms with van der Waals surface area (Å²) in [6, 6.07) is 10.7. The van der Waals surface area contributed by atoms with E-state index in [1.807, 2.05) is 48.1 Å².